The van der Waals surface area contributed by atoms with E-state index in [0.717, 1.165) is 4.90 Å². The van der Waals surface area contributed by atoms with Gasteiger partial charge in [-0.1, -0.05) is 20.8 Å². The minimum Gasteiger partial charge on any atom is -0.356 e. The van der Waals surface area contributed by atoms with Crippen LogP contribution in [0.15, 0.2) is 11.2 Å². The Labute approximate surface area is 238 Å². The maximum atomic E-state index is 14.5. The molecule has 2 heterocycles. The molecule has 0 aromatic carbocycles. The Kier molecular flexibility index (Phi) is 9.36. The Morgan fingerprint density at radius 3 is 2.26 bits per heavy atom. The van der Waals surface area contributed by atoms with Gasteiger partial charge in [-0.25, -0.2) is 17.2 Å². The van der Waals surface area contributed by atoms with E-state index in [4.69, 9.17) is 0 Å². The van der Waals surface area contributed by atoms with E-state index in [1.807, 2.05) is 0 Å². The van der Waals surface area contributed by atoms with Crippen LogP contribution in [0, 0.1) is 23.2 Å². The van der Waals surface area contributed by atoms with Gasteiger partial charge >= 0.3 is 12.1 Å². The highest BCUT2D eigenvalue weighted by Crippen LogP contribution is 2.50. The monoisotopic (exact) mass is 632 g/mol. The molecule has 1 aliphatic carbocycles. The van der Waals surface area contributed by atoms with Gasteiger partial charge in [-0.2, -0.15) is 17.6 Å². The van der Waals surface area contributed by atoms with Crippen LogP contribution >= 0.6 is 0 Å². The molecule has 42 heavy (non-hydrogen) atoms. The number of alkyl halides is 5. The normalized spacial score (nSPS) is 27.7. The molecule has 3 rings (SSSR count). The lowest BCUT2D eigenvalue weighted by atomic mass is 9.85. The van der Waals surface area contributed by atoms with E-state index < -0.39 is 111 Å². The van der Waals surface area contributed by atoms with Gasteiger partial charge < -0.3 is 20.9 Å². The second-order valence-electron chi connectivity index (χ2n) is 12.3. The van der Waals surface area contributed by atoms with Crippen molar-refractivity contribution in [3.05, 3.63) is 11.2 Å². The Hall–Kier alpha value is -2.85. The van der Waals surface area contributed by atoms with Crippen LogP contribution in [0.5, 0.6) is 0 Å². The molecule has 10 nitrogen and oxygen atoms in total. The summed E-state index contributed by atoms with van der Waals surface area (Å²) in [6, 6.07) is -4.87. The van der Waals surface area contributed by atoms with Crippen LogP contribution in [-0.4, -0.2) is 86.5 Å². The van der Waals surface area contributed by atoms with Crippen LogP contribution in [0.25, 0.3) is 0 Å². The number of nitrogens with one attached hydrogen (secondary N) is 3. The number of hydrogen-bond donors (Lipinski definition) is 3. The molecule has 0 spiro atoms. The summed E-state index contributed by atoms with van der Waals surface area (Å²) in [5.74, 6) is -11.0. The lowest BCUT2D eigenvalue weighted by Gasteiger charge is -2.37. The van der Waals surface area contributed by atoms with E-state index in [1.165, 1.54) is 20.8 Å². The molecule has 0 aromatic heterocycles. The summed E-state index contributed by atoms with van der Waals surface area (Å²) >= 11 is 0. The number of likely N-dealkylation sites (tertiary alicyclic amines) is 1. The van der Waals surface area contributed by atoms with Gasteiger partial charge in [0.2, 0.25) is 38.6 Å². The van der Waals surface area contributed by atoms with Gasteiger partial charge in [0.05, 0.1) is 6.04 Å². The number of carbonyl (C=O) groups is 4. The smallest absolute Gasteiger partial charge is 0.356 e. The van der Waals surface area contributed by atoms with E-state index in [2.05, 4.69) is 10.6 Å². The number of rotatable bonds is 8. The molecule has 0 bridgehead atoms. The second-order valence-corrected chi connectivity index (χ2v) is 14.2. The van der Waals surface area contributed by atoms with Crippen LogP contribution in [0.2, 0.25) is 0 Å². The number of hydrogen-bond acceptors (Lipinski definition) is 6. The van der Waals surface area contributed by atoms with Crippen molar-refractivity contribution in [2.45, 2.75) is 76.7 Å². The highest BCUT2D eigenvalue weighted by molar-refractivity contribution is 7.94. The van der Waals surface area contributed by atoms with Crippen LogP contribution in [0.4, 0.5) is 26.3 Å². The Balaban J connectivity index is 1.97. The molecule has 1 saturated carbocycles. The molecule has 0 unspecified atom stereocenters. The molecule has 238 valence electrons. The molecule has 3 aliphatic rings. The maximum Gasteiger partial charge on any atom is 0.471 e. The van der Waals surface area contributed by atoms with Gasteiger partial charge in [-0.3, -0.25) is 19.2 Å². The SMILES string of the molecule is CC(C)(C)[C@@H](NC(=O)C(F)(F)F)C(=O)N1C[C@@H]2CC(F)(F)C[C@@H]2[C@H]1C(=O)N[C@@H](/C=C(/F)S(C)(=O)=O)C[C@H]1CCNC1=O. The van der Waals surface area contributed by atoms with Gasteiger partial charge in [-0.05, 0) is 36.2 Å². The molecule has 2 saturated heterocycles. The minimum atomic E-state index is -5.33. The van der Waals surface area contributed by atoms with Crippen molar-refractivity contribution in [3.8, 4) is 0 Å². The summed E-state index contributed by atoms with van der Waals surface area (Å²) in [5.41, 5.74) is -1.31. The van der Waals surface area contributed by atoms with Crippen LogP contribution in [-0.2, 0) is 29.0 Å². The average Bonchev–Trinajstić information content (AvgIpc) is 3.45. The first-order valence-corrected chi connectivity index (χ1v) is 15.1. The van der Waals surface area contributed by atoms with Crippen molar-refractivity contribution in [2.75, 3.05) is 19.3 Å². The summed E-state index contributed by atoms with van der Waals surface area (Å²) in [6.45, 7) is 3.97. The second kappa shape index (κ2) is 11.7. The number of fused-ring (bicyclic) bond motifs is 1. The quantitative estimate of drug-likeness (QED) is 0.349. The molecular formula is C25H34F6N4O6S. The predicted molar refractivity (Wildman–Crippen MR) is 136 cm³/mol. The summed E-state index contributed by atoms with van der Waals surface area (Å²) in [5, 5.41) is 4.95. The summed E-state index contributed by atoms with van der Waals surface area (Å²) < 4.78 is 106. The topological polar surface area (TPSA) is 142 Å². The molecular weight excluding hydrogens is 598 g/mol. The average molecular weight is 633 g/mol. The fourth-order valence-corrected chi connectivity index (χ4v) is 6.19. The third kappa shape index (κ3) is 7.75. The lowest BCUT2D eigenvalue weighted by Crippen LogP contribution is -2.60. The number of halogens is 6. The lowest BCUT2D eigenvalue weighted by molar-refractivity contribution is -0.176. The third-order valence-electron chi connectivity index (χ3n) is 7.79. The van der Waals surface area contributed by atoms with E-state index in [1.54, 1.807) is 5.32 Å². The fraction of sp³-hybridized carbons (Fsp3) is 0.760. The molecule has 3 N–H and O–H groups in total. The predicted octanol–water partition coefficient (Wildman–Crippen LogP) is 1.82. The first-order chi connectivity index (χ1) is 19.0. The molecule has 6 atom stereocenters. The van der Waals surface area contributed by atoms with Gasteiger partial charge in [0.25, 0.3) is 0 Å². The number of sulfone groups is 1. The van der Waals surface area contributed by atoms with Crippen molar-refractivity contribution in [1.29, 1.82) is 0 Å². The standard InChI is InChI=1S/C25H34F6N4O6S/c1-23(2,3)18(34-22(39)25(29,30)31)21(38)35-11-13-9-24(27,28)10-15(13)17(35)20(37)33-14(8-16(26)42(4,40)41)7-12-5-6-32-19(12)36/h8,12-15,17-18H,5-7,9-11H2,1-4H3,(H,32,36)(H,33,37)(H,34,39)/b16-8-/t12-,13+,14-,15+,17+,18+/m1/s1. The number of amides is 4. The molecule has 0 radical (unpaired) electrons. The van der Waals surface area contributed by atoms with Crippen LogP contribution in [0.1, 0.15) is 46.5 Å². The highest BCUT2D eigenvalue weighted by Gasteiger charge is 2.59. The van der Waals surface area contributed by atoms with E-state index in [0.29, 0.717) is 12.3 Å². The van der Waals surface area contributed by atoms with Gasteiger partial charge in [-0.15, -0.1) is 0 Å². The van der Waals surface area contributed by atoms with Crippen molar-refractivity contribution in [1.82, 2.24) is 20.9 Å². The Morgan fingerprint density at radius 2 is 1.76 bits per heavy atom. The Morgan fingerprint density at radius 1 is 1.14 bits per heavy atom. The molecule has 0 aromatic rings. The van der Waals surface area contributed by atoms with Crippen molar-refractivity contribution < 1.29 is 53.9 Å². The molecule has 17 heteroatoms. The molecule has 2 aliphatic heterocycles. The first kappa shape index (κ1) is 33.6. The summed E-state index contributed by atoms with van der Waals surface area (Å²) in [7, 11) is -4.36. The van der Waals surface area contributed by atoms with Crippen molar-refractivity contribution in [3.63, 3.8) is 0 Å². The summed E-state index contributed by atoms with van der Waals surface area (Å²) in [4.78, 5) is 52.0. The number of nitrogens with zero attached hydrogens (tertiary/aromatic N) is 1. The van der Waals surface area contributed by atoms with Crippen LogP contribution < -0.4 is 16.0 Å². The van der Waals surface area contributed by atoms with Gasteiger partial charge in [0, 0.05) is 38.1 Å². The zero-order valence-electron chi connectivity index (χ0n) is 23.4. The number of carbonyl (C=O) groups excluding carboxylic acids is 4. The van der Waals surface area contributed by atoms with Gasteiger partial charge in [0.1, 0.15) is 12.1 Å². The van der Waals surface area contributed by atoms with E-state index in [-0.39, 0.29) is 19.4 Å². The maximum absolute atomic E-state index is 14.5. The zero-order chi connectivity index (χ0) is 32.0. The van der Waals surface area contributed by atoms with Crippen molar-refractivity contribution >= 4 is 33.5 Å². The van der Waals surface area contributed by atoms with E-state index in [9.17, 15) is 53.9 Å². The minimum absolute atomic E-state index is 0.252. The highest BCUT2D eigenvalue weighted by atomic mass is 32.2. The zero-order valence-corrected chi connectivity index (χ0v) is 24.2. The Bertz CT molecular complexity index is 1250. The third-order valence-corrected chi connectivity index (χ3v) is 8.63. The fourth-order valence-electron chi connectivity index (χ4n) is 5.78. The summed E-state index contributed by atoms with van der Waals surface area (Å²) in [6.07, 6.45) is -5.67. The first-order valence-electron chi connectivity index (χ1n) is 13.2. The van der Waals surface area contributed by atoms with E-state index >= 15 is 0 Å². The molecule has 4 amide bonds. The van der Waals surface area contributed by atoms with Crippen molar-refractivity contribution in [2.24, 2.45) is 23.2 Å². The van der Waals surface area contributed by atoms with Crippen LogP contribution in [0.3, 0.4) is 0 Å². The molecule has 3 fully saturated rings. The largest absolute Gasteiger partial charge is 0.471 e. The van der Waals surface area contributed by atoms with Gasteiger partial charge in [0.15, 0.2) is 0 Å².